The maximum Gasteiger partial charge on any atom is 0.341 e. The summed E-state index contributed by atoms with van der Waals surface area (Å²) in [5.74, 6) is -1.15. The van der Waals surface area contributed by atoms with Crippen molar-refractivity contribution in [1.82, 2.24) is 14.0 Å². The zero-order chi connectivity index (χ0) is 24.5. The van der Waals surface area contributed by atoms with Gasteiger partial charge in [0, 0.05) is 12.8 Å². The van der Waals surface area contributed by atoms with E-state index in [4.69, 9.17) is 14.5 Å². The van der Waals surface area contributed by atoms with E-state index in [0.29, 0.717) is 22.8 Å². The van der Waals surface area contributed by atoms with Gasteiger partial charge in [-0.1, -0.05) is 12.1 Å². The van der Waals surface area contributed by atoms with Crippen LogP contribution in [0.15, 0.2) is 51.7 Å². The standard InChI is InChI=1S/C25H24N4O5S/c1-3-33-25(32)18-13-17-21(26-20-15(2)7-4-10-28(20)24(17)31)29(14-16-8-5-11-34-16)22(18)27-23(30)19-9-6-12-35-19/h4,6-7,9-10,12-13,16H,3,5,8,11,14H2,1-2H3/t16-/m1/s1. The largest absolute Gasteiger partial charge is 0.462 e. The molecule has 0 radical (unpaired) electrons. The highest BCUT2D eigenvalue weighted by atomic mass is 32.1. The van der Waals surface area contributed by atoms with Crippen LogP contribution in [0.1, 0.15) is 45.4 Å². The Hall–Kier alpha value is -3.63. The molecule has 0 spiro atoms. The van der Waals surface area contributed by atoms with Gasteiger partial charge >= 0.3 is 5.97 Å². The van der Waals surface area contributed by atoms with E-state index >= 15 is 0 Å². The Balaban J connectivity index is 1.89. The Morgan fingerprint density at radius 1 is 1.29 bits per heavy atom. The van der Waals surface area contributed by atoms with E-state index in [1.807, 2.05) is 13.0 Å². The maximum atomic E-state index is 13.5. The van der Waals surface area contributed by atoms with Gasteiger partial charge in [-0.3, -0.25) is 14.0 Å². The molecule has 10 heteroatoms. The third kappa shape index (κ3) is 4.30. The second-order valence-electron chi connectivity index (χ2n) is 8.28. The number of rotatable bonds is 5. The van der Waals surface area contributed by atoms with Crippen molar-refractivity contribution in [2.75, 3.05) is 13.2 Å². The molecule has 0 aliphatic carbocycles. The average molecular weight is 493 g/mol. The summed E-state index contributed by atoms with van der Waals surface area (Å²) in [6.45, 7) is 4.61. The Morgan fingerprint density at radius 3 is 2.86 bits per heavy atom. The number of nitrogens with zero attached hydrogens (tertiary/aromatic N) is 4. The first-order valence-corrected chi connectivity index (χ1v) is 12.3. The van der Waals surface area contributed by atoms with Gasteiger partial charge in [0.25, 0.3) is 11.5 Å². The highest BCUT2D eigenvalue weighted by molar-refractivity contribution is 7.12. The molecule has 0 unspecified atom stereocenters. The molecule has 0 N–H and O–H groups in total. The van der Waals surface area contributed by atoms with Crippen LogP contribution < -0.4 is 11.0 Å². The molecule has 4 aromatic rings. The molecule has 35 heavy (non-hydrogen) atoms. The summed E-state index contributed by atoms with van der Waals surface area (Å²) in [6.07, 6.45) is 3.19. The zero-order valence-electron chi connectivity index (χ0n) is 19.4. The molecule has 9 nitrogen and oxygen atoms in total. The van der Waals surface area contributed by atoms with Gasteiger partial charge in [-0.15, -0.1) is 11.3 Å². The Morgan fingerprint density at radius 2 is 2.14 bits per heavy atom. The van der Waals surface area contributed by atoms with Crippen molar-refractivity contribution >= 4 is 39.9 Å². The van der Waals surface area contributed by atoms with E-state index < -0.39 is 11.9 Å². The van der Waals surface area contributed by atoms with E-state index in [1.165, 1.54) is 21.8 Å². The van der Waals surface area contributed by atoms with Crippen molar-refractivity contribution in [3.05, 3.63) is 73.8 Å². The van der Waals surface area contributed by atoms with E-state index in [1.54, 1.807) is 41.3 Å². The third-order valence-electron chi connectivity index (χ3n) is 5.95. The third-order valence-corrected chi connectivity index (χ3v) is 6.81. The van der Waals surface area contributed by atoms with Crippen molar-refractivity contribution in [3.63, 3.8) is 0 Å². The molecule has 1 atom stereocenters. The van der Waals surface area contributed by atoms with Gasteiger partial charge in [-0.25, -0.2) is 9.78 Å². The van der Waals surface area contributed by atoms with Crippen molar-refractivity contribution < 1.29 is 19.1 Å². The molecule has 5 heterocycles. The lowest BCUT2D eigenvalue weighted by Crippen LogP contribution is -2.35. The quantitative estimate of drug-likeness (QED) is 0.313. The molecule has 1 saturated heterocycles. The minimum absolute atomic E-state index is 0.0359. The van der Waals surface area contributed by atoms with Crippen LogP contribution in [0.2, 0.25) is 0 Å². The summed E-state index contributed by atoms with van der Waals surface area (Å²) in [7, 11) is 0. The highest BCUT2D eigenvalue weighted by Crippen LogP contribution is 2.18. The summed E-state index contributed by atoms with van der Waals surface area (Å²) >= 11 is 1.26. The molecule has 1 aliphatic heterocycles. The minimum Gasteiger partial charge on any atom is -0.462 e. The number of amides is 1. The molecule has 0 saturated carbocycles. The first-order chi connectivity index (χ1) is 17.0. The van der Waals surface area contributed by atoms with Gasteiger partial charge in [0.2, 0.25) is 0 Å². The van der Waals surface area contributed by atoms with E-state index in [-0.39, 0.29) is 41.3 Å². The van der Waals surface area contributed by atoms with Crippen LogP contribution in [0.3, 0.4) is 0 Å². The first-order valence-electron chi connectivity index (χ1n) is 11.4. The number of aryl methyl sites for hydroxylation is 1. The van der Waals surface area contributed by atoms with Crippen LogP contribution >= 0.6 is 11.3 Å². The number of hydrogen-bond donors (Lipinski definition) is 0. The number of carbonyl (C=O) groups is 2. The van der Waals surface area contributed by atoms with Crippen molar-refractivity contribution in [2.24, 2.45) is 4.99 Å². The lowest BCUT2D eigenvalue weighted by atomic mass is 10.1. The molecule has 4 aromatic heterocycles. The Labute approximate surface area is 204 Å². The number of hydrogen-bond acceptors (Lipinski definition) is 7. The normalized spacial score (nSPS) is 16.3. The van der Waals surface area contributed by atoms with Crippen LogP contribution in [0.5, 0.6) is 0 Å². The molecule has 180 valence electrons. The van der Waals surface area contributed by atoms with Crippen LogP contribution in [-0.4, -0.2) is 45.1 Å². The summed E-state index contributed by atoms with van der Waals surface area (Å²) < 4.78 is 14.3. The van der Waals surface area contributed by atoms with Gasteiger partial charge in [-0.2, -0.15) is 4.99 Å². The average Bonchev–Trinajstić information content (AvgIpc) is 3.56. The summed E-state index contributed by atoms with van der Waals surface area (Å²) in [4.78, 5) is 49.2. The van der Waals surface area contributed by atoms with Crippen molar-refractivity contribution in [3.8, 4) is 0 Å². The van der Waals surface area contributed by atoms with E-state index in [9.17, 15) is 14.4 Å². The van der Waals surface area contributed by atoms with Crippen LogP contribution in [0.4, 0.5) is 0 Å². The Bertz CT molecular complexity index is 1560. The predicted molar refractivity (Wildman–Crippen MR) is 131 cm³/mol. The number of fused-ring (bicyclic) bond motifs is 2. The fraction of sp³-hybridized carbons (Fsp3) is 0.320. The van der Waals surface area contributed by atoms with Crippen LogP contribution in [0, 0.1) is 6.92 Å². The molecule has 1 fully saturated rings. The van der Waals surface area contributed by atoms with Gasteiger partial charge < -0.3 is 14.0 Å². The fourth-order valence-corrected chi connectivity index (χ4v) is 4.89. The topological polar surface area (TPSA) is 104 Å². The van der Waals surface area contributed by atoms with E-state index in [2.05, 4.69) is 4.99 Å². The van der Waals surface area contributed by atoms with Crippen molar-refractivity contribution in [2.45, 2.75) is 39.3 Å². The molecular weight excluding hydrogens is 468 g/mol. The van der Waals surface area contributed by atoms with Gasteiger partial charge in [-0.05, 0) is 55.8 Å². The molecule has 0 aromatic carbocycles. The monoisotopic (exact) mass is 492 g/mol. The fourth-order valence-electron chi connectivity index (χ4n) is 4.28. The number of pyridine rings is 2. The zero-order valence-corrected chi connectivity index (χ0v) is 20.2. The number of ether oxygens (including phenoxy) is 2. The maximum absolute atomic E-state index is 13.5. The van der Waals surface area contributed by atoms with Gasteiger partial charge in [0.05, 0.1) is 29.5 Å². The molecule has 1 aliphatic rings. The summed E-state index contributed by atoms with van der Waals surface area (Å²) in [5.41, 5.74) is 1.47. The first kappa shape index (κ1) is 23.1. The second-order valence-corrected chi connectivity index (χ2v) is 9.23. The number of thiophene rings is 1. The van der Waals surface area contributed by atoms with Crippen molar-refractivity contribution in [1.29, 1.82) is 0 Å². The minimum atomic E-state index is -0.665. The lowest BCUT2D eigenvalue weighted by Gasteiger charge is -2.18. The SMILES string of the molecule is CCOC(=O)c1cc2c(=O)n3cccc(C)c3nc2n(C[C@H]2CCCO2)c1=NC(=O)c1cccs1. The molecular formula is C25H24N4O5S. The van der Waals surface area contributed by atoms with Crippen LogP contribution in [-0.2, 0) is 16.0 Å². The molecule has 0 bridgehead atoms. The van der Waals surface area contributed by atoms with Gasteiger partial charge in [0.15, 0.2) is 5.49 Å². The van der Waals surface area contributed by atoms with Gasteiger partial charge in [0.1, 0.15) is 16.9 Å². The molecule has 1 amide bonds. The number of carbonyl (C=O) groups excluding carboxylic acids is 2. The predicted octanol–water partition coefficient (Wildman–Crippen LogP) is 3.12. The number of aromatic nitrogens is 3. The summed E-state index contributed by atoms with van der Waals surface area (Å²) in [5, 5.41) is 2.02. The molecule has 5 rings (SSSR count). The highest BCUT2D eigenvalue weighted by Gasteiger charge is 2.24. The Kier molecular flexibility index (Phi) is 6.31. The van der Waals surface area contributed by atoms with Crippen LogP contribution in [0.25, 0.3) is 16.7 Å². The van der Waals surface area contributed by atoms with E-state index in [0.717, 1.165) is 18.4 Å². The second kappa shape index (κ2) is 9.55. The number of esters is 1. The summed E-state index contributed by atoms with van der Waals surface area (Å²) in [6, 6.07) is 8.51. The lowest BCUT2D eigenvalue weighted by molar-refractivity contribution is 0.0521. The smallest absolute Gasteiger partial charge is 0.341 e.